The van der Waals surface area contributed by atoms with Crippen LogP contribution in [-0.4, -0.2) is 32.1 Å². The summed E-state index contributed by atoms with van der Waals surface area (Å²) in [5.74, 6) is -2.00. The Morgan fingerprint density at radius 3 is 1.50 bits per heavy atom. The van der Waals surface area contributed by atoms with Gasteiger partial charge < -0.3 is 10.2 Å². The van der Waals surface area contributed by atoms with Gasteiger partial charge in [-0.25, -0.2) is 9.59 Å². The molecule has 138 valence electrons. The van der Waals surface area contributed by atoms with Crippen LogP contribution in [-0.2, 0) is 9.59 Å². The number of aromatic nitrogens is 2. The molecule has 0 atom stereocenters. The summed E-state index contributed by atoms with van der Waals surface area (Å²) in [6, 6.07) is 7.58. The molecule has 2 aromatic heterocycles. The van der Waals surface area contributed by atoms with Crippen molar-refractivity contribution in [2.75, 3.05) is 0 Å². The molecule has 0 bridgehead atoms. The average Bonchev–Trinajstić information content (AvgIpc) is 2.68. The molecule has 0 fully saturated rings. The molecule has 6 nitrogen and oxygen atoms in total. The lowest BCUT2D eigenvalue weighted by atomic mass is 10.0. The van der Waals surface area contributed by atoms with E-state index < -0.39 is 11.9 Å². The van der Waals surface area contributed by atoms with Crippen LogP contribution in [0.25, 0.3) is 34.0 Å². The van der Waals surface area contributed by atoms with Gasteiger partial charge in [0.05, 0.1) is 11.0 Å². The van der Waals surface area contributed by atoms with Crippen LogP contribution >= 0.6 is 0 Å². The van der Waals surface area contributed by atoms with Gasteiger partial charge in [0, 0.05) is 35.3 Å². The highest BCUT2D eigenvalue weighted by Crippen LogP contribution is 2.27. The third-order valence-corrected chi connectivity index (χ3v) is 3.94. The van der Waals surface area contributed by atoms with Gasteiger partial charge in [-0.15, -0.1) is 0 Å². The zero-order valence-electron chi connectivity index (χ0n) is 14.7. The van der Waals surface area contributed by atoms with Gasteiger partial charge in [-0.2, -0.15) is 0 Å². The number of benzene rings is 1. The Morgan fingerprint density at radius 2 is 1.11 bits per heavy atom. The Morgan fingerprint density at radius 1 is 0.679 bits per heavy atom. The molecule has 2 N–H and O–H groups in total. The van der Waals surface area contributed by atoms with E-state index in [0.717, 1.165) is 45.1 Å². The van der Waals surface area contributed by atoms with E-state index in [1.807, 2.05) is 36.4 Å². The summed E-state index contributed by atoms with van der Waals surface area (Å²) in [6.45, 7) is 0. The molecule has 1 aromatic carbocycles. The van der Waals surface area contributed by atoms with Gasteiger partial charge in [0.15, 0.2) is 0 Å². The molecule has 0 aliphatic heterocycles. The summed E-state index contributed by atoms with van der Waals surface area (Å²) in [5.41, 5.74) is 3.26. The maximum atomic E-state index is 10.6. The van der Waals surface area contributed by atoms with Crippen LogP contribution in [0.15, 0.2) is 73.1 Å². The van der Waals surface area contributed by atoms with E-state index in [-0.39, 0.29) is 0 Å². The van der Waals surface area contributed by atoms with Crippen LogP contribution in [0.1, 0.15) is 11.1 Å². The van der Waals surface area contributed by atoms with Crippen LogP contribution in [0.2, 0.25) is 0 Å². The first kappa shape index (κ1) is 18.7. The molecule has 3 rings (SSSR count). The van der Waals surface area contributed by atoms with Crippen molar-refractivity contribution in [1.29, 1.82) is 0 Å². The Kier molecular flexibility index (Phi) is 5.72. The Bertz CT molecular complexity index is 1080. The second kappa shape index (κ2) is 8.55. The average molecular weight is 372 g/mol. The van der Waals surface area contributed by atoms with Crippen LogP contribution < -0.4 is 0 Å². The Hall–Kier alpha value is -4.06. The van der Waals surface area contributed by atoms with Crippen molar-refractivity contribution in [2.45, 2.75) is 0 Å². The minimum absolute atomic E-state index is 0.734. The molecule has 0 amide bonds. The minimum Gasteiger partial charge on any atom is -0.478 e. The van der Waals surface area contributed by atoms with Crippen molar-refractivity contribution in [1.82, 2.24) is 9.97 Å². The number of carboxylic acids is 2. The number of allylic oxidation sites excluding steroid dienone is 4. The van der Waals surface area contributed by atoms with Crippen LogP contribution in [0.4, 0.5) is 0 Å². The molecule has 6 heteroatoms. The molecule has 0 aliphatic carbocycles. The van der Waals surface area contributed by atoms with E-state index >= 15 is 0 Å². The molecule has 28 heavy (non-hydrogen) atoms. The second-order valence-electron chi connectivity index (χ2n) is 5.77. The van der Waals surface area contributed by atoms with Crippen molar-refractivity contribution in [3.8, 4) is 0 Å². The first-order valence-corrected chi connectivity index (χ1v) is 8.38. The van der Waals surface area contributed by atoms with Crippen molar-refractivity contribution in [2.24, 2.45) is 0 Å². The summed E-state index contributed by atoms with van der Waals surface area (Å²) in [4.78, 5) is 30.0. The van der Waals surface area contributed by atoms with Gasteiger partial charge in [-0.1, -0.05) is 48.6 Å². The molecule has 3 aromatic rings. The number of hydrogen-bond donors (Lipinski definition) is 2. The highest BCUT2D eigenvalue weighted by Gasteiger charge is 2.07. The van der Waals surface area contributed by atoms with Gasteiger partial charge in [0.2, 0.25) is 0 Å². The first-order valence-electron chi connectivity index (χ1n) is 8.38. The molecule has 0 saturated carbocycles. The predicted molar refractivity (Wildman–Crippen MR) is 109 cm³/mol. The smallest absolute Gasteiger partial charge is 0.328 e. The van der Waals surface area contributed by atoms with Gasteiger partial charge in [0.25, 0.3) is 0 Å². The standard InChI is InChI=1S/C22H16N2O4/c25-19(26)7-3-1-5-15-11-13-23-21-17(15)9-10-18-16(12-14-24-22(18)21)6-2-4-8-20(27)28/h1-14H,(H,25,26)(H,27,28)/b5-1+,6-2+,7-3+,8-4+. The normalized spacial score (nSPS) is 12.3. The lowest BCUT2D eigenvalue weighted by Crippen LogP contribution is -1.89. The largest absolute Gasteiger partial charge is 0.478 e. The number of carbonyl (C=O) groups is 2. The van der Waals surface area contributed by atoms with Crippen molar-refractivity contribution < 1.29 is 19.8 Å². The summed E-state index contributed by atoms with van der Waals surface area (Å²) >= 11 is 0. The highest BCUT2D eigenvalue weighted by atomic mass is 16.4. The van der Waals surface area contributed by atoms with E-state index in [2.05, 4.69) is 9.97 Å². The fraction of sp³-hybridized carbons (Fsp3) is 0. The number of hydrogen-bond acceptors (Lipinski definition) is 4. The molecule has 0 aliphatic rings. The fourth-order valence-electron chi connectivity index (χ4n) is 2.76. The first-order chi connectivity index (χ1) is 13.6. The van der Waals surface area contributed by atoms with E-state index in [9.17, 15) is 9.59 Å². The number of carboxylic acid groups (broad SMARTS) is 2. The second-order valence-corrected chi connectivity index (χ2v) is 5.77. The Labute approximate surface area is 160 Å². The Balaban J connectivity index is 2.05. The topological polar surface area (TPSA) is 100 Å². The maximum absolute atomic E-state index is 10.6. The third kappa shape index (κ3) is 4.37. The lowest BCUT2D eigenvalue weighted by molar-refractivity contribution is -0.132. The van der Waals surface area contributed by atoms with Crippen molar-refractivity contribution >= 4 is 45.9 Å². The van der Waals surface area contributed by atoms with Gasteiger partial charge in [0.1, 0.15) is 0 Å². The molecular weight excluding hydrogens is 356 g/mol. The summed E-state index contributed by atoms with van der Waals surface area (Å²) in [5, 5.41) is 19.1. The predicted octanol–water partition coefficient (Wildman–Crippen LogP) is 4.09. The third-order valence-electron chi connectivity index (χ3n) is 3.94. The quantitative estimate of drug-likeness (QED) is 0.384. The van der Waals surface area contributed by atoms with Crippen LogP contribution in [0.3, 0.4) is 0 Å². The summed E-state index contributed by atoms with van der Waals surface area (Å²) in [7, 11) is 0. The molecular formula is C22H16N2O4. The molecule has 0 radical (unpaired) electrons. The van der Waals surface area contributed by atoms with Gasteiger partial charge in [-0.05, 0) is 23.3 Å². The summed E-state index contributed by atoms with van der Waals surface area (Å²) < 4.78 is 0. The minimum atomic E-state index is -1.00. The highest BCUT2D eigenvalue weighted by molar-refractivity contribution is 6.07. The zero-order chi connectivity index (χ0) is 19.9. The molecule has 0 unspecified atom stereocenters. The van der Waals surface area contributed by atoms with E-state index in [0.29, 0.717) is 0 Å². The maximum Gasteiger partial charge on any atom is 0.328 e. The zero-order valence-corrected chi connectivity index (χ0v) is 14.7. The molecule has 0 saturated heterocycles. The number of aliphatic carboxylic acids is 2. The van der Waals surface area contributed by atoms with Gasteiger partial charge in [-0.3, -0.25) is 9.97 Å². The number of nitrogens with zero attached hydrogens (tertiary/aromatic N) is 2. The SMILES string of the molecule is O=C(O)/C=C/C=C/c1ccnc2c1ccc1c(/C=C/C=C/C(=O)O)ccnc12. The fourth-order valence-corrected chi connectivity index (χ4v) is 2.76. The molecule has 2 heterocycles. The van der Waals surface area contributed by atoms with Crippen molar-refractivity contribution in [3.05, 3.63) is 84.2 Å². The number of pyridine rings is 2. The van der Waals surface area contributed by atoms with Crippen molar-refractivity contribution in [3.63, 3.8) is 0 Å². The van der Waals surface area contributed by atoms with E-state index in [4.69, 9.17) is 10.2 Å². The van der Waals surface area contributed by atoms with Gasteiger partial charge >= 0.3 is 11.9 Å². The van der Waals surface area contributed by atoms with E-state index in [1.165, 1.54) is 12.2 Å². The summed E-state index contributed by atoms with van der Waals surface area (Å²) in [6.07, 6.45) is 15.4. The van der Waals surface area contributed by atoms with Crippen LogP contribution in [0, 0.1) is 0 Å². The number of rotatable bonds is 6. The monoisotopic (exact) mass is 372 g/mol. The molecule has 0 spiro atoms. The number of fused-ring (bicyclic) bond motifs is 3. The van der Waals surface area contributed by atoms with Crippen LogP contribution in [0.5, 0.6) is 0 Å². The lowest BCUT2D eigenvalue weighted by Gasteiger charge is -2.07. The van der Waals surface area contributed by atoms with E-state index in [1.54, 1.807) is 24.5 Å².